The lowest BCUT2D eigenvalue weighted by Gasteiger charge is -2.18. The number of aryl methyl sites for hydroxylation is 1. The van der Waals surface area contributed by atoms with Crippen LogP contribution in [0.2, 0.25) is 0 Å². The lowest BCUT2D eigenvalue weighted by atomic mass is 10.2. The van der Waals surface area contributed by atoms with Gasteiger partial charge in [0.15, 0.2) is 11.4 Å². The zero-order chi connectivity index (χ0) is 15.3. The minimum atomic E-state index is -0.552. The van der Waals surface area contributed by atoms with Gasteiger partial charge in [0.05, 0.1) is 6.10 Å². The number of halogens is 1. The summed E-state index contributed by atoms with van der Waals surface area (Å²) in [4.78, 5) is 10.3. The molecule has 0 radical (unpaired) electrons. The number of nitrogens with zero attached hydrogens (tertiary/aromatic N) is 4. The first-order chi connectivity index (χ1) is 10.6. The van der Waals surface area contributed by atoms with E-state index < -0.39 is 6.10 Å². The minimum absolute atomic E-state index is 0.304. The highest BCUT2D eigenvalue weighted by atomic mass is 19.1. The molecule has 1 saturated heterocycles. The molecule has 1 aromatic carbocycles. The second-order valence-corrected chi connectivity index (χ2v) is 5.35. The summed E-state index contributed by atoms with van der Waals surface area (Å²) in [5.74, 6) is 0.552. The first-order valence-corrected chi connectivity index (χ1v) is 6.91. The summed E-state index contributed by atoms with van der Waals surface area (Å²) in [6, 6.07) is 4.14. The molecule has 1 fully saturated rings. The molecule has 1 aliphatic rings. The van der Waals surface area contributed by atoms with Crippen molar-refractivity contribution in [3.05, 3.63) is 35.7 Å². The van der Waals surface area contributed by atoms with Gasteiger partial charge in [0.25, 0.3) is 6.01 Å². The maximum absolute atomic E-state index is 13.3. The number of benzene rings is 1. The number of anilines is 1. The first kappa shape index (κ1) is 13.2. The smallest absolute Gasteiger partial charge is 0.299 e. The Balaban J connectivity index is 1.74. The van der Waals surface area contributed by atoms with Crippen LogP contribution in [0.3, 0.4) is 0 Å². The lowest BCUT2D eigenvalue weighted by molar-refractivity contribution is 0.191. The van der Waals surface area contributed by atoms with Crippen molar-refractivity contribution in [1.29, 1.82) is 0 Å². The SMILES string of the molecule is Cc1noc([C@H]2C[C@@H](O)CN2c2nc3cc(F)ccc3o2)n1. The summed E-state index contributed by atoms with van der Waals surface area (Å²) in [6.07, 6.45) is -0.113. The molecule has 0 aliphatic carbocycles. The van der Waals surface area contributed by atoms with Gasteiger partial charge in [-0.1, -0.05) is 5.16 Å². The molecule has 0 spiro atoms. The number of oxazole rings is 1. The first-order valence-electron chi connectivity index (χ1n) is 6.91. The predicted molar refractivity (Wildman–Crippen MR) is 73.7 cm³/mol. The van der Waals surface area contributed by atoms with Gasteiger partial charge in [-0.05, 0) is 19.1 Å². The van der Waals surface area contributed by atoms with Crippen molar-refractivity contribution in [1.82, 2.24) is 15.1 Å². The Morgan fingerprint density at radius 2 is 2.23 bits per heavy atom. The van der Waals surface area contributed by atoms with Crippen molar-refractivity contribution < 1.29 is 18.4 Å². The molecule has 0 unspecified atom stereocenters. The lowest BCUT2D eigenvalue weighted by Crippen LogP contribution is -2.24. The Hall–Kier alpha value is -2.48. The average Bonchev–Trinajstić information content (AvgIpc) is 3.15. The summed E-state index contributed by atoms with van der Waals surface area (Å²) in [5.41, 5.74) is 0.912. The van der Waals surface area contributed by atoms with E-state index in [1.165, 1.54) is 18.2 Å². The number of β-amino-alcohol motifs (C(OH)–C–C–N with tert-alkyl or cyclic N) is 1. The molecule has 22 heavy (non-hydrogen) atoms. The van der Waals surface area contributed by atoms with Crippen molar-refractivity contribution >= 4 is 17.1 Å². The van der Waals surface area contributed by atoms with Crippen LogP contribution in [0.25, 0.3) is 11.1 Å². The van der Waals surface area contributed by atoms with Crippen LogP contribution in [0.15, 0.2) is 27.1 Å². The fourth-order valence-corrected chi connectivity index (χ4v) is 2.72. The summed E-state index contributed by atoms with van der Waals surface area (Å²) in [6.45, 7) is 2.06. The topological polar surface area (TPSA) is 88.4 Å². The van der Waals surface area contributed by atoms with Crippen LogP contribution in [0, 0.1) is 12.7 Å². The van der Waals surface area contributed by atoms with Crippen LogP contribution in [0.4, 0.5) is 10.4 Å². The monoisotopic (exact) mass is 304 g/mol. The third-order valence-electron chi connectivity index (χ3n) is 3.69. The van der Waals surface area contributed by atoms with Crippen molar-refractivity contribution in [3.63, 3.8) is 0 Å². The van der Waals surface area contributed by atoms with Gasteiger partial charge in [0.1, 0.15) is 17.4 Å². The van der Waals surface area contributed by atoms with Crippen LogP contribution in [0.5, 0.6) is 0 Å². The average molecular weight is 304 g/mol. The number of rotatable bonds is 2. The third kappa shape index (κ3) is 2.12. The summed E-state index contributed by atoms with van der Waals surface area (Å²) < 4.78 is 24.1. The molecule has 114 valence electrons. The van der Waals surface area contributed by atoms with Crippen molar-refractivity contribution in [3.8, 4) is 0 Å². The Labute approximate surface area is 124 Å². The maximum Gasteiger partial charge on any atom is 0.299 e. The van der Waals surface area contributed by atoms with Crippen LogP contribution >= 0.6 is 0 Å². The number of hydrogen-bond donors (Lipinski definition) is 1. The van der Waals surface area contributed by atoms with E-state index in [-0.39, 0.29) is 11.9 Å². The van der Waals surface area contributed by atoms with E-state index in [1.54, 1.807) is 11.8 Å². The number of fused-ring (bicyclic) bond motifs is 1. The molecule has 1 N–H and O–H groups in total. The van der Waals surface area contributed by atoms with Crippen LogP contribution in [0.1, 0.15) is 24.2 Å². The Kier molecular flexibility index (Phi) is 2.86. The molecule has 3 heterocycles. The van der Waals surface area contributed by atoms with Crippen molar-refractivity contribution in [2.75, 3.05) is 11.4 Å². The number of aliphatic hydroxyl groups excluding tert-OH is 1. The van der Waals surface area contributed by atoms with Gasteiger partial charge in [0, 0.05) is 19.0 Å². The van der Waals surface area contributed by atoms with Gasteiger partial charge < -0.3 is 18.9 Å². The highest BCUT2D eigenvalue weighted by molar-refractivity contribution is 5.74. The highest BCUT2D eigenvalue weighted by Crippen LogP contribution is 2.36. The van der Waals surface area contributed by atoms with E-state index in [0.717, 1.165) is 0 Å². The molecule has 7 nitrogen and oxygen atoms in total. The maximum atomic E-state index is 13.3. The van der Waals surface area contributed by atoms with Crippen LogP contribution in [-0.4, -0.2) is 32.9 Å². The van der Waals surface area contributed by atoms with Gasteiger partial charge in [0.2, 0.25) is 5.89 Å². The third-order valence-corrected chi connectivity index (χ3v) is 3.69. The van der Waals surface area contributed by atoms with Crippen LogP contribution in [-0.2, 0) is 0 Å². The fraction of sp³-hybridized carbons (Fsp3) is 0.357. The normalized spacial score (nSPS) is 21.9. The summed E-state index contributed by atoms with van der Waals surface area (Å²) >= 11 is 0. The number of aliphatic hydroxyl groups is 1. The molecule has 1 aliphatic heterocycles. The van der Waals surface area contributed by atoms with E-state index in [0.29, 0.717) is 41.8 Å². The van der Waals surface area contributed by atoms with Gasteiger partial charge in [-0.3, -0.25) is 0 Å². The van der Waals surface area contributed by atoms with E-state index in [1.807, 2.05) is 0 Å². The van der Waals surface area contributed by atoms with Gasteiger partial charge in [-0.15, -0.1) is 0 Å². The molecular formula is C14H13FN4O3. The van der Waals surface area contributed by atoms with Crippen LogP contribution < -0.4 is 4.90 Å². The number of hydrogen-bond acceptors (Lipinski definition) is 7. The number of aromatic nitrogens is 3. The molecule has 0 bridgehead atoms. The second kappa shape index (κ2) is 4.77. The molecule has 0 amide bonds. The molecule has 8 heteroatoms. The van der Waals surface area contributed by atoms with E-state index >= 15 is 0 Å². The molecule has 4 rings (SSSR count). The summed E-state index contributed by atoms with van der Waals surface area (Å²) in [5, 5.41) is 13.7. The predicted octanol–water partition coefficient (Wildman–Crippen LogP) is 1.97. The largest absolute Gasteiger partial charge is 0.423 e. The summed E-state index contributed by atoms with van der Waals surface area (Å²) in [7, 11) is 0. The molecule has 0 saturated carbocycles. The van der Waals surface area contributed by atoms with Gasteiger partial charge in [-0.2, -0.15) is 9.97 Å². The molecule has 3 aromatic rings. The minimum Gasteiger partial charge on any atom is -0.423 e. The van der Waals surface area contributed by atoms with Gasteiger partial charge >= 0.3 is 0 Å². The Bertz CT molecular complexity index is 830. The standard InChI is InChI=1S/C14H13FN4O3/c1-7-16-13(22-18-7)11-5-9(20)6-19(11)14-17-10-4-8(15)2-3-12(10)21-14/h2-4,9,11,20H,5-6H2,1H3/t9-,11-/m1/s1. The Morgan fingerprint density at radius 3 is 3.00 bits per heavy atom. The highest BCUT2D eigenvalue weighted by Gasteiger charge is 2.38. The van der Waals surface area contributed by atoms with E-state index in [4.69, 9.17) is 8.94 Å². The van der Waals surface area contributed by atoms with Crippen molar-refractivity contribution in [2.45, 2.75) is 25.5 Å². The Morgan fingerprint density at radius 1 is 1.36 bits per heavy atom. The fourth-order valence-electron chi connectivity index (χ4n) is 2.72. The second-order valence-electron chi connectivity index (χ2n) is 5.35. The van der Waals surface area contributed by atoms with E-state index in [2.05, 4.69) is 15.1 Å². The molecule has 2 aromatic heterocycles. The van der Waals surface area contributed by atoms with Gasteiger partial charge in [-0.25, -0.2) is 4.39 Å². The van der Waals surface area contributed by atoms with Crippen molar-refractivity contribution in [2.24, 2.45) is 0 Å². The molecule has 2 atom stereocenters. The zero-order valence-electron chi connectivity index (χ0n) is 11.7. The molecular weight excluding hydrogens is 291 g/mol. The zero-order valence-corrected chi connectivity index (χ0v) is 11.7. The quantitative estimate of drug-likeness (QED) is 0.774. The van der Waals surface area contributed by atoms with E-state index in [9.17, 15) is 9.50 Å².